The van der Waals surface area contributed by atoms with Gasteiger partial charge in [-0.25, -0.2) is 14.8 Å². The molecule has 0 bridgehead atoms. The minimum Gasteiger partial charge on any atom is -0.478 e. The Balaban J connectivity index is 2.26. The molecule has 2 N–H and O–H groups in total. The van der Waals surface area contributed by atoms with Crippen LogP contribution < -0.4 is 5.32 Å². The van der Waals surface area contributed by atoms with E-state index < -0.39 is 10.9 Å². The van der Waals surface area contributed by atoms with Crippen molar-refractivity contribution in [2.24, 2.45) is 0 Å². The Labute approximate surface area is 119 Å². The quantitative estimate of drug-likeness (QED) is 0.638. The second kappa shape index (κ2) is 5.95. The van der Waals surface area contributed by atoms with Crippen LogP contribution in [0.2, 0.25) is 0 Å². The molecule has 0 saturated carbocycles. The van der Waals surface area contributed by atoms with Crippen molar-refractivity contribution in [3.8, 4) is 0 Å². The van der Waals surface area contributed by atoms with Gasteiger partial charge in [0.1, 0.15) is 11.5 Å². The lowest BCUT2D eigenvalue weighted by Gasteiger charge is -2.08. The Morgan fingerprint density at radius 1 is 1.43 bits per heavy atom. The van der Waals surface area contributed by atoms with Crippen LogP contribution in [-0.4, -0.2) is 26.0 Å². The highest BCUT2D eigenvalue weighted by Crippen LogP contribution is 2.26. The third-order valence-electron chi connectivity index (χ3n) is 2.73. The summed E-state index contributed by atoms with van der Waals surface area (Å²) in [5, 5.41) is 22.7. The molecule has 8 nitrogen and oxygen atoms in total. The van der Waals surface area contributed by atoms with Gasteiger partial charge in [-0.1, -0.05) is 0 Å². The number of carbonyl (C=O) groups is 1. The topological polar surface area (TPSA) is 118 Å². The third-order valence-corrected chi connectivity index (χ3v) is 2.73. The third kappa shape index (κ3) is 3.50. The summed E-state index contributed by atoms with van der Waals surface area (Å²) in [6.45, 7) is 1.96. The van der Waals surface area contributed by atoms with E-state index in [1.807, 2.05) is 0 Å². The van der Waals surface area contributed by atoms with Gasteiger partial charge in [0.2, 0.25) is 0 Å². The van der Waals surface area contributed by atoms with Crippen molar-refractivity contribution < 1.29 is 14.8 Å². The number of nitrogens with zero attached hydrogens (tertiary/aromatic N) is 3. The van der Waals surface area contributed by atoms with Gasteiger partial charge in [-0.05, 0) is 25.1 Å². The first-order valence-electron chi connectivity index (χ1n) is 6.01. The van der Waals surface area contributed by atoms with Crippen LogP contribution in [0.15, 0.2) is 30.5 Å². The van der Waals surface area contributed by atoms with Crippen LogP contribution in [0.25, 0.3) is 0 Å². The van der Waals surface area contributed by atoms with Gasteiger partial charge >= 0.3 is 5.97 Å². The van der Waals surface area contributed by atoms with Crippen molar-refractivity contribution >= 4 is 17.3 Å². The maximum Gasteiger partial charge on any atom is 0.335 e. The molecule has 8 heteroatoms. The van der Waals surface area contributed by atoms with Gasteiger partial charge in [0, 0.05) is 12.3 Å². The molecule has 1 heterocycles. The zero-order chi connectivity index (χ0) is 15.4. The van der Waals surface area contributed by atoms with Crippen LogP contribution in [0, 0.1) is 17.0 Å². The number of aromatic nitrogens is 2. The molecule has 1 aromatic carbocycles. The summed E-state index contributed by atoms with van der Waals surface area (Å²) in [5.74, 6) is -0.561. The second-order valence-corrected chi connectivity index (χ2v) is 4.24. The van der Waals surface area contributed by atoms with E-state index >= 15 is 0 Å². The molecule has 0 aliphatic rings. The molecule has 0 spiro atoms. The lowest BCUT2D eigenvalue weighted by Crippen LogP contribution is -2.07. The first kappa shape index (κ1) is 14.4. The lowest BCUT2D eigenvalue weighted by atomic mass is 10.1. The number of rotatable bonds is 5. The van der Waals surface area contributed by atoms with Crippen molar-refractivity contribution in [3.05, 3.63) is 57.7 Å². The smallest absolute Gasteiger partial charge is 0.335 e. The summed E-state index contributed by atoms with van der Waals surface area (Å²) in [6.07, 6.45) is 1.58. The molecule has 108 valence electrons. The van der Waals surface area contributed by atoms with Crippen molar-refractivity contribution in [2.45, 2.75) is 13.5 Å². The van der Waals surface area contributed by atoms with E-state index in [2.05, 4.69) is 15.3 Å². The average molecular weight is 288 g/mol. The van der Waals surface area contributed by atoms with Gasteiger partial charge in [0.05, 0.1) is 22.7 Å². The maximum absolute atomic E-state index is 11.0. The monoisotopic (exact) mass is 288 g/mol. The number of hydrogen-bond donors (Lipinski definition) is 2. The van der Waals surface area contributed by atoms with Gasteiger partial charge in [-0.2, -0.15) is 0 Å². The van der Waals surface area contributed by atoms with E-state index in [0.29, 0.717) is 11.5 Å². The van der Waals surface area contributed by atoms with Crippen LogP contribution in [0.1, 0.15) is 21.9 Å². The highest BCUT2D eigenvalue weighted by molar-refractivity contribution is 5.90. The molecule has 0 saturated heterocycles. The fourth-order valence-electron chi connectivity index (χ4n) is 1.76. The van der Waals surface area contributed by atoms with Gasteiger partial charge in [-0.15, -0.1) is 0 Å². The number of hydrogen-bond acceptors (Lipinski definition) is 6. The average Bonchev–Trinajstić information content (AvgIpc) is 2.44. The minimum absolute atomic E-state index is 0.0260. The van der Waals surface area contributed by atoms with E-state index in [9.17, 15) is 14.9 Å². The summed E-state index contributed by atoms with van der Waals surface area (Å²) >= 11 is 0. The summed E-state index contributed by atoms with van der Waals surface area (Å²) in [4.78, 5) is 29.4. The van der Waals surface area contributed by atoms with Gasteiger partial charge < -0.3 is 10.4 Å². The molecule has 0 aliphatic carbocycles. The Bertz CT molecular complexity index is 702. The largest absolute Gasteiger partial charge is 0.478 e. The minimum atomic E-state index is -1.15. The number of nitro groups is 1. The molecule has 0 amide bonds. The number of aryl methyl sites for hydroxylation is 1. The predicted molar refractivity (Wildman–Crippen MR) is 74.2 cm³/mol. The SMILES string of the molecule is Cc1nccc(CNc2cc(C(=O)O)ccc2[N+](=O)[O-])n1. The number of carboxylic acid groups (broad SMARTS) is 1. The van der Waals surface area contributed by atoms with Crippen LogP contribution in [0.5, 0.6) is 0 Å². The predicted octanol–water partition coefficient (Wildman–Crippen LogP) is 2.00. The highest BCUT2D eigenvalue weighted by Gasteiger charge is 2.16. The van der Waals surface area contributed by atoms with Gasteiger partial charge in [0.15, 0.2) is 0 Å². The fraction of sp³-hybridized carbons (Fsp3) is 0.154. The van der Waals surface area contributed by atoms with Crippen molar-refractivity contribution in [1.29, 1.82) is 0 Å². The van der Waals surface area contributed by atoms with Crippen LogP contribution >= 0.6 is 0 Å². The molecule has 2 rings (SSSR count). The Morgan fingerprint density at radius 3 is 2.81 bits per heavy atom. The normalized spacial score (nSPS) is 10.1. The van der Waals surface area contributed by atoms with Crippen molar-refractivity contribution in [3.63, 3.8) is 0 Å². The van der Waals surface area contributed by atoms with Crippen LogP contribution in [0.3, 0.4) is 0 Å². The Morgan fingerprint density at radius 2 is 2.19 bits per heavy atom. The second-order valence-electron chi connectivity index (χ2n) is 4.24. The molecule has 0 aliphatic heterocycles. The molecular weight excluding hydrogens is 276 g/mol. The number of aromatic carboxylic acids is 1. The Hall–Kier alpha value is -3.03. The summed E-state index contributed by atoms with van der Waals surface area (Å²) < 4.78 is 0. The highest BCUT2D eigenvalue weighted by atomic mass is 16.6. The number of nitrogens with one attached hydrogen (secondary N) is 1. The van der Waals surface area contributed by atoms with E-state index in [1.165, 1.54) is 12.1 Å². The van der Waals surface area contributed by atoms with Gasteiger partial charge in [0.25, 0.3) is 5.69 Å². The molecule has 0 unspecified atom stereocenters. The lowest BCUT2D eigenvalue weighted by molar-refractivity contribution is -0.384. The summed E-state index contributed by atoms with van der Waals surface area (Å²) in [7, 11) is 0. The van der Waals surface area contributed by atoms with Crippen LogP contribution in [0.4, 0.5) is 11.4 Å². The zero-order valence-electron chi connectivity index (χ0n) is 11.1. The number of carboxylic acids is 1. The van der Waals surface area contributed by atoms with Gasteiger partial charge in [-0.3, -0.25) is 10.1 Å². The molecule has 2 aromatic rings. The Kier molecular flexibility index (Phi) is 4.07. The summed E-state index contributed by atoms with van der Waals surface area (Å²) in [5.41, 5.74) is 0.571. The van der Waals surface area contributed by atoms with Crippen LogP contribution in [-0.2, 0) is 6.54 Å². The number of anilines is 1. The molecule has 21 heavy (non-hydrogen) atoms. The fourth-order valence-corrected chi connectivity index (χ4v) is 1.76. The van der Waals surface area contributed by atoms with E-state index in [0.717, 1.165) is 6.07 Å². The molecular formula is C13H12N4O4. The zero-order valence-corrected chi connectivity index (χ0v) is 11.1. The van der Waals surface area contributed by atoms with E-state index in [4.69, 9.17) is 5.11 Å². The van der Waals surface area contributed by atoms with E-state index in [-0.39, 0.29) is 23.5 Å². The molecule has 1 aromatic heterocycles. The molecule has 0 radical (unpaired) electrons. The molecule has 0 atom stereocenters. The first-order chi connectivity index (χ1) is 9.97. The number of nitro benzene ring substituents is 1. The standard InChI is InChI=1S/C13H12N4O4/c1-8-14-5-4-10(16-8)7-15-11-6-9(13(18)19)2-3-12(11)17(20)21/h2-6,15H,7H2,1H3,(H,18,19). The van der Waals surface area contributed by atoms with E-state index in [1.54, 1.807) is 19.2 Å². The molecule has 0 fully saturated rings. The number of benzene rings is 1. The summed E-state index contributed by atoms with van der Waals surface area (Å²) in [6, 6.07) is 5.26. The maximum atomic E-state index is 11.0. The van der Waals surface area contributed by atoms with Crippen molar-refractivity contribution in [2.75, 3.05) is 5.32 Å². The first-order valence-corrected chi connectivity index (χ1v) is 6.01. The van der Waals surface area contributed by atoms with Crippen molar-refractivity contribution in [1.82, 2.24) is 9.97 Å².